The molecule has 0 aliphatic carbocycles. The number of piperidine rings is 1. The van der Waals surface area contributed by atoms with E-state index in [0.29, 0.717) is 13.2 Å². The molecule has 0 unspecified atom stereocenters. The third-order valence-corrected chi connectivity index (χ3v) is 5.84. The number of likely N-dealkylation sites (tertiary alicyclic amines) is 1. The van der Waals surface area contributed by atoms with Crippen LogP contribution in [0.3, 0.4) is 0 Å². The van der Waals surface area contributed by atoms with Gasteiger partial charge in [-0.05, 0) is 88.4 Å². The van der Waals surface area contributed by atoms with E-state index < -0.39 is 0 Å². The van der Waals surface area contributed by atoms with E-state index in [9.17, 15) is 4.79 Å². The molecule has 2 rings (SSSR count). The van der Waals surface area contributed by atoms with Crippen molar-refractivity contribution < 1.29 is 14.3 Å². The van der Waals surface area contributed by atoms with Crippen molar-refractivity contribution in [2.45, 2.75) is 66.2 Å². The maximum absolute atomic E-state index is 11.9. The molecule has 0 aromatic heterocycles. The number of carbonyl (C=O) groups is 1. The molecule has 0 radical (unpaired) electrons. The lowest BCUT2D eigenvalue weighted by atomic mass is 9.94. The van der Waals surface area contributed by atoms with Crippen molar-refractivity contribution in [3.63, 3.8) is 0 Å². The molecule has 1 aromatic carbocycles. The van der Waals surface area contributed by atoms with E-state index in [4.69, 9.17) is 14.9 Å². The molecule has 1 aliphatic heterocycles. The quantitative estimate of drug-likeness (QED) is 0.268. The van der Waals surface area contributed by atoms with Crippen LogP contribution in [0, 0.1) is 25.2 Å². The second-order valence-corrected chi connectivity index (χ2v) is 8.09. The Morgan fingerprint density at radius 2 is 1.76 bits per heavy atom. The van der Waals surface area contributed by atoms with Crippen molar-refractivity contribution in [1.29, 1.82) is 5.41 Å². The van der Waals surface area contributed by atoms with Gasteiger partial charge in [0.1, 0.15) is 0 Å². The molecule has 0 amide bonds. The van der Waals surface area contributed by atoms with Crippen LogP contribution >= 0.6 is 0 Å². The van der Waals surface area contributed by atoms with E-state index in [2.05, 4.69) is 37.8 Å². The largest absolute Gasteiger partial charge is 0.478 e. The number of aryl methyl sites for hydroxylation is 2. The lowest BCUT2D eigenvalue weighted by molar-refractivity contribution is -0.149. The zero-order chi connectivity index (χ0) is 21.2. The fourth-order valence-corrected chi connectivity index (χ4v) is 4.05. The molecule has 0 spiro atoms. The molecule has 1 aromatic rings. The summed E-state index contributed by atoms with van der Waals surface area (Å²) >= 11 is 0. The number of nitrogens with zero attached hydrogens (tertiary/aromatic N) is 1. The summed E-state index contributed by atoms with van der Waals surface area (Å²) in [6.45, 7) is 12.3. The maximum Gasteiger partial charge on any atom is 0.309 e. The minimum Gasteiger partial charge on any atom is -0.478 e. The number of hydrogen-bond donors (Lipinski definition) is 1. The highest BCUT2D eigenvalue weighted by Gasteiger charge is 2.25. The Morgan fingerprint density at radius 3 is 2.34 bits per heavy atom. The first-order chi connectivity index (χ1) is 14.0. The van der Waals surface area contributed by atoms with E-state index in [1.54, 1.807) is 0 Å². The van der Waals surface area contributed by atoms with Crippen LogP contribution in [0.4, 0.5) is 0 Å². The molecule has 0 bridgehead atoms. The van der Waals surface area contributed by atoms with E-state index in [-0.39, 0.29) is 17.8 Å². The van der Waals surface area contributed by atoms with Gasteiger partial charge in [-0.3, -0.25) is 10.2 Å². The normalized spacial score (nSPS) is 15.3. The Balaban J connectivity index is 1.85. The molecule has 1 saturated heterocycles. The van der Waals surface area contributed by atoms with Gasteiger partial charge < -0.3 is 14.4 Å². The van der Waals surface area contributed by atoms with Crippen LogP contribution in [0.1, 0.15) is 68.2 Å². The van der Waals surface area contributed by atoms with Gasteiger partial charge in [0, 0.05) is 12.1 Å². The highest BCUT2D eigenvalue weighted by atomic mass is 16.5. The molecule has 162 valence electrons. The van der Waals surface area contributed by atoms with Gasteiger partial charge in [-0.1, -0.05) is 19.8 Å². The van der Waals surface area contributed by atoms with Crippen molar-refractivity contribution in [3.05, 3.63) is 34.4 Å². The fraction of sp³-hybridized carbons (Fsp3) is 0.667. The minimum atomic E-state index is -0.0335. The Kier molecular flexibility index (Phi) is 9.65. The first-order valence-electron chi connectivity index (χ1n) is 11.2. The number of esters is 1. The smallest absolute Gasteiger partial charge is 0.309 e. The summed E-state index contributed by atoms with van der Waals surface area (Å²) in [5.74, 6) is 0.311. The average molecular weight is 403 g/mol. The Hall–Kier alpha value is -1.88. The second-order valence-electron chi connectivity index (χ2n) is 8.09. The fourth-order valence-electron chi connectivity index (χ4n) is 4.05. The third kappa shape index (κ3) is 7.14. The van der Waals surface area contributed by atoms with E-state index in [0.717, 1.165) is 63.7 Å². The van der Waals surface area contributed by atoms with E-state index in [1.807, 2.05) is 6.92 Å². The molecular formula is C24H38N2O3. The lowest BCUT2D eigenvalue weighted by Crippen LogP contribution is -2.38. The van der Waals surface area contributed by atoms with Crippen molar-refractivity contribution in [2.75, 3.05) is 32.8 Å². The molecule has 29 heavy (non-hydrogen) atoms. The van der Waals surface area contributed by atoms with Gasteiger partial charge in [0.25, 0.3) is 0 Å². The molecule has 1 N–H and O–H groups in total. The minimum absolute atomic E-state index is 0.0335. The summed E-state index contributed by atoms with van der Waals surface area (Å²) in [6.07, 6.45) is 6.07. The van der Waals surface area contributed by atoms with Crippen molar-refractivity contribution >= 4 is 11.9 Å². The topological polar surface area (TPSA) is 62.6 Å². The number of nitrogens with one attached hydrogen (secondary N) is 1. The average Bonchev–Trinajstić information content (AvgIpc) is 2.71. The highest BCUT2D eigenvalue weighted by Crippen LogP contribution is 2.22. The standard InChI is InChI=1S/C24H38N2O3/c1-5-7-8-15-29-23(25)21-16-18(3)22(19(4)17-21)11-14-26-12-9-20(10-13-26)24(27)28-6-2/h16-17,20,25H,5-15H2,1-4H3. The predicted octanol–water partition coefficient (Wildman–Crippen LogP) is 4.65. The van der Waals surface area contributed by atoms with Gasteiger partial charge in [-0.25, -0.2) is 0 Å². The van der Waals surface area contributed by atoms with Crippen LogP contribution in [-0.4, -0.2) is 49.6 Å². The van der Waals surface area contributed by atoms with Crippen LogP contribution in [-0.2, 0) is 20.7 Å². The zero-order valence-corrected chi connectivity index (χ0v) is 18.7. The number of unbranched alkanes of at least 4 members (excludes halogenated alkanes) is 2. The van der Waals surface area contributed by atoms with Gasteiger partial charge in [0.15, 0.2) is 0 Å². The van der Waals surface area contributed by atoms with E-state index in [1.165, 1.54) is 16.7 Å². The van der Waals surface area contributed by atoms with Gasteiger partial charge in [-0.15, -0.1) is 0 Å². The number of carbonyl (C=O) groups excluding carboxylic acids is 1. The molecule has 5 nitrogen and oxygen atoms in total. The lowest BCUT2D eigenvalue weighted by Gasteiger charge is -2.31. The summed E-state index contributed by atoms with van der Waals surface area (Å²) in [5, 5.41) is 8.21. The Morgan fingerprint density at radius 1 is 1.10 bits per heavy atom. The molecule has 0 saturated carbocycles. The van der Waals surface area contributed by atoms with Crippen molar-refractivity contribution in [2.24, 2.45) is 5.92 Å². The zero-order valence-electron chi connectivity index (χ0n) is 18.7. The van der Waals surface area contributed by atoms with Crippen LogP contribution in [0.5, 0.6) is 0 Å². The summed E-state index contributed by atoms with van der Waals surface area (Å²) in [5.41, 5.74) is 4.68. The van der Waals surface area contributed by atoms with Gasteiger partial charge in [0.2, 0.25) is 5.90 Å². The third-order valence-electron chi connectivity index (χ3n) is 5.84. The SMILES string of the molecule is CCCCCOC(=N)c1cc(C)c(CCN2CCC(C(=O)OCC)CC2)c(C)c1. The first-order valence-corrected chi connectivity index (χ1v) is 11.2. The Bertz CT molecular complexity index is 656. The molecule has 1 aliphatic rings. The van der Waals surface area contributed by atoms with Crippen LogP contribution in [0.15, 0.2) is 12.1 Å². The molecule has 0 atom stereocenters. The number of rotatable bonds is 10. The predicted molar refractivity (Wildman–Crippen MR) is 118 cm³/mol. The first kappa shape index (κ1) is 23.4. The van der Waals surface area contributed by atoms with Gasteiger partial charge in [-0.2, -0.15) is 0 Å². The number of benzene rings is 1. The second kappa shape index (κ2) is 12.0. The number of ether oxygens (including phenoxy) is 2. The summed E-state index contributed by atoms with van der Waals surface area (Å²) in [7, 11) is 0. The Labute approximate surface area is 176 Å². The summed E-state index contributed by atoms with van der Waals surface area (Å²) in [4.78, 5) is 14.3. The van der Waals surface area contributed by atoms with E-state index >= 15 is 0 Å². The summed E-state index contributed by atoms with van der Waals surface area (Å²) in [6, 6.07) is 4.16. The van der Waals surface area contributed by atoms with Gasteiger partial charge >= 0.3 is 5.97 Å². The van der Waals surface area contributed by atoms with Crippen molar-refractivity contribution in [1.82, 2.24) is 4.90 Å². The monoisotopic (exact) mass is 402 g/mol. The van der Waals surface area contributed by atoms with Crippen LogP contribution < -0.4 is 0 Å². The van der Waals surface area contributed by atoms with Crippen molar-refractivity contribution in [3.8, 4) is 0 Å². The summed E-state index contributed by atoms with van der Waals surface area (Å²) < 4.78 is 10.8. The van der Waals surface area contributed by atoms with Gasteiger partial charge in [0.05, 0.1) is 19.1 Å². The van der Waals surface area contributed by atoms with Crippen LogP contribution in [0.25, 0.3) is 0 Å². The maximum atomic E-state index is 11.9. The van der Waals surface area contributed by atoms with Crippen LogP contribution in [0.2, 0.25) is 0 Å². The highest BCUT2D eigenvalue weighted by molar-refractivity contribution is 5.92. The molecule has 5 heteroatoms. The molecular weight excluding hydrogens is 364 g/mol. The molecule has 1 fully saturated rings. The number of hydrogen-bond acceptors (Lipinski definition) is 5. The molecule has 1 heterocycles.